The largest absolute Gasteiger partial charge is 0.365 e. The Morgan fingerprint density at radius 2 is 2.12 bits per heavy atom. The summed E-state index contributed by atoms with van der Waals surface area (Å²) in [5.41, 5.74) is 0.577. The third-order valence-electron chi connectivity index (χ3n) is 3.74. The molecule has 0 unspecified atom stereocenters. The minimum atomic E-state index is 0.577. The highest BCUT2D eigenvalue weighted by atomic mass is 32.2. The van der Waals surface area contributed by atoms with Crippen molar-refractivity contribution in [1.82, 2.24) is 5.32 Å². The highest BCUT2D eigenvalue weighted by Gasteiger charge is 2.36. The summed E-state index contributed by atoms with van der Waals surface area (Å²) in [6.07, 6.45) is 6.90. The standard InChI is InChI=1S/C13H24N2S/c1-11(2)5-8-14-12-15-9-13(10-16-12)6-3-4-7-13/h11H,3-10H2,1-2H3,(H,14,15). The Bertz CT molecular complexity index is 255. The van der Waals surface area contributed by atoms with E-state index in [-0.39, 0.29) is 0 Å². The monoisotopic (exact) mass is 240 g/mol. The highest BCUT2D eigenvalue weighted by molar-refractivity contribution is 8.13. The molecule has 0 radical (unpaired) electrons. The number of rotatable bonds is 3. The summed E-state index contributed by atoms with van der Waals surface area (Å²) in [7, 11) is 0. The van der Waals surface area contributed by atoms with E-state index in [9.17, 15) is 0 Å². The summed E-state index contributed by atoms with van der Waals surface area (Å²) in [4.78, 5) is 4.73. The second kappa shape index (κ2) is 5.44. The molecular formula is C13H24N2S. The molecule has 1 heterocycles. The summed E-state index contributed by atoms with van der Waals surface area (Å²) < 4.78 is 0. The van der Waals surface area contributed by atoms with Crippen molar-refractivity contribution in [1.29, 1.82) is 0 Å². The molecule has 92 valence electrons. The molecule has 3 heteroatoms. The third-order valence-corrected chi connectivity index (χ3v) is 5.04. The lowest BCUT2D eigenvalue weighted by Gasteiger charge is -2.31. The van der Waals surface area contributed by atoms with Crippen LogP contribution in [0.3, 0.4) is 0 Å². The summed E-state index contributed by atoms with van der Waals surface area (Å²) in [6.45, 7) is 6.69. The topological polar surface area (TPSA) is 24.4 Å². The maximum atomic E-state index is 4.73. The second-order valence-corrected chi connectivity index (χ2v) is 6.69. The molecule has 0 aromatic carbocycles. The zero-order chi connectivity index (χ0) is 11.4. The van der Waals surface area contributed by atoms with E-state index in [0.717, 1.165) is 19.0 Å². The van der Waals surface area contributed by atoms with Gasteiger partial charge in [0.2, 0.25) is 0 Å². The van der Waals surface area contributed by atoms with Crippen LogP contribution in [0.5, 0.6) is 0 Å². The van der Waals surface area contributed by atoms with Crippen molar-refractivity contribution in [3.63, 3.8) is 0 Å². The van der Waals surface area contributed by atoms with Crippen LogP contribution >= 0.6 is 11.8 Å². The van der Waals surface area contributed by atoms with Gasteiger partial charge in [0.05, 0.1) is 0 Å². The molecule has 1 spiro atoms. The molecule has 2 aliphatic rings. The third kappa shape index (κ3) is 3.16. The van der Waals surface area contributed by atoms with Gasteiger partial charge in [0, 0.05) is 18.8 Å². The van der Waals surface area contributed by atoms with E-state index in [2.05, 4.69) is 19.2 Å². The van der Waals surface area contributed by atoms with Crippen molar-refractivity contribution < 1.29 is 0 Å². The first kappa shape index (κ1) is 12.3. The van der Waals surface area contributed by atoms with Gasteiger partial charge >= 0.3 is 0 Å². The van der Waals surface area contributed by atoms with Gasteiger partial charge in [0.15, 0.2) is 5.17 Å². The molecule has 0 atom stereocenters. The molecule has 0 bridgehead atoms. The number of nitrogens with one attached hydrogen (secondary N) is 1. The Morgan fingerprint density at radius 1 is 1.38 bits per heavy atom. The number of amidine groups is 1. The van der Waals surface area contributed by atoms with Crippen LogP contribution in [0, 0.1) is 11.3 Å². The molecule has 0 saturated heterocycles. The van der Waals surface area contributed by atoms with Gasteiger partial charge in [0.25, 0.3) is 0 Å². The summed E-state index contributed by atoms with van der Waals surface area (Å²) >= 11 is 1.95. The lowest BCUT2D eigenvalue weighted by atomic mass is 9.89. The van der Waals surface area contributed by atoms with Crippen molar-refractivity contribution in [2.75, 3.05) is 18.8 Å². The van der Waals surface area contributed by atoms with Crippen molar-refractivity contribution in [3.8, 4) is 0 Å². The molecule has 0 aromatic heterocycles. The van der Waals surface area contributed by atoms with Crippen molar-refractivity contribution >= 4 is 16.9 Å². The molecule has 1 saturated carbocycles. The average molecular weight is 240 g/mol. The highest BCUT2D eigenvalue weighted by Crippen LogP contribution is 2.43. The van der Waals surface area contributed by atoms with Gasteiger partial charge in [-0.3, -0.25) is 4.99 Å². The molecule has 0 amide bonds. The van der Waals surface area contributed by atoms with E-state index >= 15 is 0 Å². The number of aliphatic imine (C=N–C) groups is 1. The molecule has 2 nitrogen and oxygen atoms in total. The number of thioether (sulfide) groups is 1. The normalized spacial score (nSPS) is 23.8. The van der Waals surface area contributed by atoms with Gasteiger partial charge in [0.1, 0.15) is 0 Å². The minimum absolute atomic E-state index is 0.577. The molecule has 0 aromatic rings. The van der Waals surface area contributed by atoms with E-state index in [1.165, 1.54) is 43.0 Å². The first-order chi connectivity index (χ1) is 7.70. The fourth-order valence-corrected chi connectivity index (χ4v) is 3.74. The quantitative estimate of drug-likeness (QED) is 0.818. The first-order valence-corrected chi connectivity index (χ1v) is 7.60. The van der Waals surface area contributed by atoms with Crippen molar-refractivity contribution in [2.24, 2.45) is 16.3 Å². The summed E-state index contributed by atoms with van der Waals surface area (Å²) in [5, 5.41) is 4.67. The average Bonchev–Trinajstić information content (AvgIpc) is 2.70. The minimum Gasteiger partial charge on any atom is -0.365 e. The predicted molar refractivity (Wildman–Crippen MR) is 73.1 cm³/mol. The van der Waals surface area contributed by atoms with E-state index < -0.39 is 0 Å². The maximum absolute atomic E-state index is 4.73. The van der Waals surface area contributed by atoms with E-state index in [0.29, 0.717) is 5.41 Å². The van der Waals surface area contributed by atoms with E-state index in [4.69, 9.17) is 4.99 Å². The van der Waals surface area contributed by atoms with Crippen LogP contribution in [0.2, 0.25) is 0 Å². The second-order valence-electron chi connectivity index (χ2n) is 5.73. The fourth-order valence-electron chi connectivity index (χ4n) is 2.55. The number of hydrogen-bond donors (Lipinski definition) is 1. The van der Waals surface area contributed by atoms with Gasteiger partial charge in [-0.05, 0) is 30.6 Å². The van der Waals surface area contributed by atoms with Crippen LogP contribution in [0.15, 0.2) is 4.99 Å². The van der Waals surface area contributed by atoms with Crippen LogP contribution in [0.4, 0.5) is 0 Å². The Hall–Kier alpha value is -0.180. The molecule has 2 rings (SSSR count). The smallest absolute Gasteiger partial charge is 0.156 e. The SMILES string of the molecule is CC(C)CCNC1=NCC2(CCCC2)CS1. The van der Waals surface area contributed by atoms with Crippen LogP contribution < -0.4 is 5.32 Å². The predicted octanol–water partition coefficient (Wildman–Crippen LogP) is 3.29. The molecule has 1 fully saturated rings. The summed E-state index contributed by atoms with van der Waals surface area (Å²) in [5.74, 6) is 2.07. The van der Waals surface area contributed by atoms with Crippen LogP contribution in [0.25, 0.3) is 0 Å². The lowest BCUT2D eigenvalue weighted by molar-refractivity contribution is 0.358. The molecule has 1 aliphatic heterocycles. The van der Waals surface area contributed by atoms with Gasteiger partial charge in [-0.2, -0.15) is 0 Å². The molecule has 1 aliphatic carbocycles. The molecule has 16 heavy (non-hydrogen) atoms. The number of nitrogens with zero attached hydrogens (tertiary/aromatic N) is 1. The van der Waals surface area contributed by atoms with Gasteiger partial charge in [-0.15, -0.1) is 0 Å². The van der Waals surface area contributed by atoms with E-state index in [1.807, 2.05) is 11.8 Å². The van der Waals surface area contributed by atoms with Gasteiger partial charge in [-0.1, -0.05) is 38.5 Å². The Kier molecular flexibility index (Phi) is 4.17. The summed E-state index contributed by atoms with van der Waals surface area (Å²) in [6, 6.07) is 0. The van der Waals surface area contributed by atoms with Crippen LogP contribution in [-0.4, -0.2) is 24.0 Å². The molecule has 1 N–H and O–H groups in total. The Labute approximate surface area is 104 Å². The maximum Gasteiger partial charge on any atom is 0.156 e. The van der Waals surface area contributed by atoms with Gasteiger partial charge in [-0.25, -0.2) is 0 Å². The Balaban J connectivity index is 1.75. The Morgan fingerprint density at radius 3 is 2.69 bits per heavy atom. The number of hydrogen-bond acceptors (Lipinski definition) is 3. The first-order valence-electron chi connectivity index (χ1n) is 6.61. The van der Waals surface area contributed by atoms with E-state index in [1.54, 1.807) is 0 Å². The zero-order valence-corrected chi connectivity index (χ0v) is 11.4. The molecular weight excluding hydrogens is 216 g/mol. The van der Waals surface area contributed by atoms with Crippen LogP contribution in [0.1, 0.15) is 46.0 Å². The van der Waals surface area contributed by atoms with Gasteiger partial charge < -0.3 is 5.32 Å². The van der Waals surface area contributed by atoms with Crippen molar-refractivity contribution in [2.45, 2.75) is 46.0 Å². The lowest BCUT2D eigenvalue weighted by Crippen LogP contribution is -2.34. The fraction of sp³-hybridized carbons (Fsp3) is 0.923. The van der Waals surface area contributed by atoms with Crippen molar-refractivity contribution in [3.05, 3.63) is 0 Å². The van der Waals surface area contributed by atoms with Crippen LogP contribution in [-0.2, 0) is 0 Å². The zero-order valence-electron chi connectivity index (χ0n) is 10.6.